The average Bonchev–Trinajstić information content (AvgIpc) is 3.15. The van der Waals surface area contributed by atoms with Crippen molar-refractivity contribution in [3.05, 3.63) is 41.9 Å². The van der Waals surface area contributed by atoms with Crippen LogP contribution in [0.1, 0.15) is 37.2 Å². The Morgan fingerprint density at radius 2 is 2.04 bits per heavy atom. The SMILES string of the molecule is CCc1nnc(CN(CC)C(=O)C(c2cccnc2)N2CCOCC2)o1. The molecule has 1 fully saturated rings. The van der Waals surface area contributed by atoms with E-state index in [-0.39, 0.29) is 11.9 Å². The van der Waals surface area contributed by atoms with Crippen LogP contribution in [0.15, 0.2) is 28.9 Å². The van der Waals surface area contributed by atoms with Gasteiger partial charge in [0.2, 0.25) is 17.7 Å². The van der Waals surface area contributed by atoms with Gasteiger partial charge in [-0.25, -0.2) is 0 Å². The molecular weight excluding hydrogens is 334 g/mol. The van der Waals surface area contributed by atoms with Gasteiger partial charge in [-0.05, 0) is 18.6 Å². The predicted molar refractivity (Wildman–Crippen MR) is 94.1 cm³/mol. The number of aromatic nitrogens is 3. The van der Waals surface area contributed by atoms with E-state index >= 15 is 0 Å². The van der Waals surface area contributed by atoms with Gasteiger partial charge < -0.3 is 14.1 Å². The highest BCUT2D eigenvalue weighted by Crippen LogP contribution is 2.24. The third-order valence-electron chi connectivity index (χ3n) is 4.48. The van der Waals surface area contributed by atoms with Crippen LogP contribution in [0.3, 0.4) is 0 Å². The third-order valence-corrected chi connectivity index (χ3v) is 4.48. The Balaban J connectivity index is 1.82. The first-order chi connectivity index (χ1) is 12.7. The highest BCUT2D eigenvalue weighted by atomic mass is 16.5. The van der Waals surface area contributed by atoms with Gasteiger partial charge in [0.15, 0.2) is 0 Å². The zero-order valence-electron chi connectivity index (χ0n) is 15.3. The van der Waals surface area contributed by atoms with E-state index in [0.29, 0.717) is 57.6 Å². The van der Waals surface area contributed by atoms with Crippen molar-refractivity contribution in [1.82, 2.24) is 25.0 Å². The van der Waals surface area contributed by atoms with Crippen molar-refractivity contribution in [2.45, 2.75) is 32.9 Å². The van der Waals surface area contributed by atoms with E-state index in [0.717, 1.165) is 5.56 Å². The fraction of sp³-hybridized carbons (Fsp3) is 0.556. The summed E-state index contributed by atoms with van der Waals surface area (Å²) in [6.45, 7) is 7.45. The highest BCUT2D eigenvalue weighted by Gasteiger charge is 2.32. The predicted octanol–water partition coefficient (Wildman–Crippen LogP) is 1.45. The molecule has 1 aliphatic rings. The number of aryl methyl sites for hydroxylation is 1. The molecule has 0 radical (unpaired) electrons. The Morgan fingerprint density at radius 3 is 2.65 bits per heavy atom. The Kier molecular flexibility index (Phi) is 6.30. The molecule has 0 N–H and O–H groups in total. The van der Waals surface area contributed by atoms with Crippen LogP contribution in [0.5, 0.6) is 0 Å². The van der Waals surface area contributed by atoms with Gasteiger partial charge in [0.05, 0.1) is 19.8 Å². The molecule has 0 spiro atoms. The Labute approximate surface area is 153 Å². The van der Waals surface area contributed by atoms with Crippen LogP contribution >= 0.6 is 0 Å². The van der Waals surface area contributed by atoms with E-state index in [9.17, 15) is 4.79 Å². The second-order valence-corrected chi connectivity index (χ2v) is 6.13. The first-order valence-electron chi connectivity index (χ1n) is 9.04. The van der Waals surface area contributed by atoms with Crippen molar-refractivity contribution in [3.63, 3.8) is 0 Å². The molecule has 1 unspecified atom stereocenters. The molecule has 8 heteroatoms. The minimum atomic E-state index is -0.388. The van der Waals surface area contributed by atoms with Crippen LogP contribution in [-0.2, 0) is 22.5 Å². The van der Waals surface area contributed by atoms with Gasteiger partial charge in [-0.2, -0.15) is 0 Å². The van der Waals surface area contributed by atoms with Crippen molar-refractivity contribution >= 4 is 5.91 Å². The maximum atomic E-state index is 13.4. The number of hydrogen-bond acceptors (Lipinski definition) is 7. The van der Waals surface area contributed by atoms with E-state index in [2.05, 4.69) is 20.1 Å². The number of ether oxygens (including phenoxy) is 1. The number of carbonyl (C=O) groups is 1. The molecule has 0 aromatic carbocycles. The molecule has 0 saturated carbocycles. The lowest BCUT2D eigenvalue weighted by Crippen LogP contribution is -2.47. The fourth-order valence-electron chi connectivity index (χ4n) is 3.06. The standard InChI is InChI=1S/C18H25N5O3/c1-3-15-20-21-16(26-15)13-22(4-2)18(24)17(14-6-5-7-19-12-14)23-8-10-25-11-9-23/h5-7,12,17H,3-4,8-11,13H2,1-2H3. The number of hydrogen-bond donors (Lipinski definition) is 0. The molecule has 0 bridgehead atoms. The van der Waals surface area contributed by atoms with E-state index in [1.54, 1.807) is 17.3 Å². The average molecular weight is 359 g/mol. The second kappa shape index (κ2) is 8.86. The number of nitrogens with zero attached hydrogens (tertiary/aromatic N) is 5. The molecular formula is C18H25N5O3. The minimum Gasteiger partial charge on any atom is -0.423 e. The fourth-order valence-corrected chi connectivity index (χ4v) is 3.06. The van der Waals surface area contributed by atoms with Crippen LogP contribution in [0.2, 0.25) is 0 Å². The van der Waals surface area contributed by atoms with Gasteiger partial charge in [0.25, 0.3) is 0 Å². The number of morpholine rings is 1. The van der Waals surface area contributed by atoms with Gasteiger partial charge in [0.1, 0.15) is 6.04 Å². The first kappa shape index (κ1) is 18.5. The summed E-state index contributed by atoms with van der Waals surface area (Å²) in [5.41, 5.74) is 0.887. The smallest absolute Gasteiger partial charge is 0.245 e. The summed E-state index contributed by atoms with van der Waals surface area (Å²) in [6.07, 6.45) is 4.15. The monoisotopic (exact) mass is 359 g/mol. The number of rotatable bonds is 7. The zero-order chi connectivity index (χ0) is 18.4. The van der Waals surface area contributed by atoms with Gasteiger partial charge in [0, 0.05) is 38.4 Å². The van der Waals surface area contributed by atoms with Gasteiger partial charge in [-0.1, -0.05) is 13.0 Å². The largest absolute Gasteiger partial charge is 0.423 e. The summed E-state index contributed by atoms with van der Waals surface area (Å²) in [7, 11) is 0. The summed E-state index contributed by atoms with van der Waals surface area (Å²) >= 11 is 0. The van der Waals surface area contributed by atoms with E-state index in [1.807, 2.05) is 26.0 Å². The minimum absolute atomic E-state index is 0.0126. The zero-order valence-corrected chi connectivity index (χ0v) is 15.3. The summed E-state index contributed by atoms with van der Waals surface area (Å²) in [5, 5.41) is 8.03. The molecule has 1 saturated heterocycles. The maximum Gasteiger partial charge on any atom is 0.245 e. The van der Waals surface area contributed by atoms with Gasteiger partial charge in [-0.3, -0.25) is 14.7 Å². The Hall–Kier alpha value is -2.32. The van der Waals surface area contributed by atoms with Crippen molar-refractivity contribution in [2.75, 3.05) is 32.8 Å². The lowest BCUT2D eigenvalue weighted by atomic mass is 10.1. The van der Waals surface area contributed by atoms with Crippen molar-refractivity contribution in [3.8, 4) is 0 Å². The summed E-state index contributed by atoms with van der Waals surface area (Å²) in [6, 6.07) is 3.42. The summed E-state index contributed by atoms with van der Waals surface area (Å²) < 4.78 is 11.0. The summed E-state index contributed by atoms with van der Waals surface area (Å²) in [4.78, 5) is 21.5. The van der Waals surface area contributed by atoms with Crippen LogP contribution in [0.25, 0.3) is 0 Å². The molecule has 2 aromatic heterocycles. The number of pyridine rings is 1. The number of likely N-dealkylation sites (N-methyl/N-ethyl adjacent to an activating group) is 1. The molecule has 140 valence electrons. The van der Waals surface area contributed by atoms with Crippen molar-refractivity contribution in [1.29, 1.82) is 0 Å². The molecule has 1 atom stereocenters. The molecule has 3 rings (SSSR count). The van der Waals surface area contributed by atoms with Crippen molar-refractivity contribution in [2.24, 2.45) is 0 Å². The molecule has 8 nitrogen and oxygen atoms in total. The normalized spacial score (nSPS) is 16.4. The number of carbonyl (C=O) groups excluding carboxylic acids is 1. The molecule has 0 aliphatic carbocycles. The quantitative estimate of drug-likeness (QED) is 0.740. The topological polar surface area (TPSA) is 84.6 Å². The van der Waals surface area contributed by atoms with Crippen LogP contribution in [0, 0.1) is 0 Å². The lowest BCUT2D eigenvalue weighted by molar-refractivity contribution is -0.140. The number of amides is 1. The van der Waals surface area contributed by atoms with Gasteiger partial charge >= 0.3 is 0 Å². The molecule has 26 heavy (non-hydrogen) atoms. The van der Waals surface area contributed by atoms with Crippen LogP contribution < -0.4 is 0 Å². The molecule has 1 amide bonds. The third kappa shape index (κ3) is 4.25. The first-order valence-corrected chi connectivity index (χ1v) is 9.04. The van der Waals surface area contributed by atoms with Gasteiger partial charge in [-0.15, -0.1) is 10.2 Å². The molecule has 2 aromatic rings. The second-order valence-electron chi connectivity index (χ2n) is 6.13. The maximum absolute atomic E-state index is 13.4. The summed E-state index contributed by atoms with van der Waals surface area (Å²) in [5.74, 6) is 1.06. The molecule has 3 heterocycles. The Bertz CT molecular complexity index is 700. The molecule has 1 aliphatic heterocycles. The lowest BCUT2D eigenvalue weighted by Gasteiger charge is -2.36. The van der Waals surface area contributed by atoms with Crippen LogP contribution in [0.4, 0.5) is 0 Å². The van der Waals surface area contributed by atoms with E-state index < -0.39 is 0 Å². The van der Waals surface area contributed by atoms with Crippen molar-refractivity contribution < 1.29 is 13.9 Å². The van der Waals surface area contributed by atoms with Crippen LogP contribution in [-0.4, -0.2) is 63.7 Å². The van der Waals surface area contributed by atoms with E-state index in [4.69, 9.17) is 9.15 Å². The highest BCUT2D eigenvalue weighted by molar-refractivity contribution is 5.83. The van der Waals surface area contributed by atoms with E-state index in [1.165, 1.54) is 0 Å². The Morgan fingerprint density at radius 1 is 1.27 bits per heavy atom.